The van der Waals surface area contributed by atoms with E-state index in [0.717, 1.165) is 11.3 Å². The van der Waals surface area contributed by atoms with Crippen LogP contribution in [0.25, 0.3) is 0 Å². The van der Waals surface area contributed by atoms with Crippen molar-refractivity contribution in [1.82, 2.24) is 4.98 Å². The fraction of sp³-hybridized carbons (Fsp3) is 0.667. The molecule has 0 aromatic carbocycles. The lowest BCUT2D eigenvalue weighted by atomic mass is 10.3. The molecule has 0 spiro atoms. The quantitative estimate of drug-likeness (QED) is 0.726. The molecule has 0 aliphatic carbocycles. The van der Waals surface area contributed by atoms with Crippen molar-refractivity contribution < 1.29 is 22.7 Å². The number of hydrogen-bond donors (Lipinski definition) is 0. The first-order chi connectivity index (χ1) is 9.35. The van der Waals surface area contributed by atoms with E-state index in [9.17, 15) is 18.0 Å². The van der Waals surface area contributed by atoms with Gasteiger partial charge in [-0.3, -0.25) is 4.79 Å². The van der Waals surface area contributed by atoms with Gasteiger partial charge in [-0.2, -0.15) is 13.2 Å². The summed E-state index contributed by atoms with van der Waals surface area (Å²) < 4.78 is 42.3. The third-order valence-electron chi connectivity index (χ3n) is 2.30. The van der Waals surface area contributed by atoms with E-state index in [1.54, 1.807) is 19.2 Å². The van der Waals surface area contributed by atoms with Crippen molar-refractivity contribution >= 4 is 22.4 Å². The number of esters is 1. The van der Waals surface area contributed by atoms with E-state index in [0.29, 0.717) is 12.1 Å². The number of ether oxygens (including phenoxy) is 1. The molecule has 4 nitrogen and oxygen atoms in total. The highest BCUT2D eigenvalue weighted by Crippen LogP contribution is 2.25. The van der Waals surface area contributed by atoms with E-state index < -0.39 is 18.7 Å². The molecule has 0 amide bonds. The lowest BCUT2D eigenvalue weighted by molar-refractivity contribution is -0.142. The zero-order chi connectivity index (χ0) is 15.2. The fourth-order valence-corrected chi connectivity index (χ4v) is 2.46. The molecular weight excluding hydrogens is 293 g/mol. The van der Waals surface area contributed by atoms with Crippen LogP contribution in [-0.4, -0.2) is 36.8 Å². The lowest BCUT2D eigenvalue weighted by Crippen LogP contribution is -2.34. The van der Waals surface area contributed by atoms with Crippen molar-refractivity contribution in [3.63, 3.8) is 0 Å². The van der Waals surface area contributed by atoms with Gasteiger partial charge in [0.1, 0.15) is 6.54 Å². The third-order valence-corrected chi connectivity index (χ3v) is 3.25. The van der Waals surface area contributed by atoms with E-state index in [2.05, 4.69) is 4.98 Å². The summed E-state index contributed by atoms with van der Waals surface area (Å²) in [5.74, 6) is -0.429. The number of nitrogens with zero attached hydrogens (tertiary/aromatic N) is 2. The van der Waals surface area contributed by atoms with Gasteiger partial charge in [0.25, 0.3) is 0 Å². The SMILES string of the molecule is CCCN(CC(F)(F)F)c1nc(CC(=O)OCC)cs1. The van der Waals surface area contributed by atoms with Gasteiger partial charge in [-0.1, -0.05) is 6.92 Å². The Kier molecular flexibility index (Phi) is 6.25. The molecule has 8 heteroatoms. The summed E-state index contributed by atoms with van der Waals surface area (Å²) in [6.07, 6.45) is -3.71. The molecule has 0 saturated carbocycles. The van der Waals surface area contributed by atoms with E-state index in [1.165, 1.54) is 4.90 Å². The van der Waals surface area contributed by atoms with Gasteiger partial charge >= 0.3 is 12.1 Å². The Labute approximate surface area is 119 Å². The molecule has 1 rings (SSSR count). The monoisotopic (exact) mass is 310 g/mol. The van der Waals surface area contributed by atoms with Crippen molar-refractivity contribution in [1.29, 1.82) is 0 Å². The molecule has 0 saturated heterocycles. The van der Waals surface area contributed by atoms with E-state index in [1.807, 2.05) is 0 Å². The summed E-state index contributed by atoms with van der Waals surface area (Å²) in [5, 5.41) is 1.87. The van der Waals surface area contributed by atoms with Crippen molar-refractivity contribution in [3.8, 4) is 0 Å². The Balaban J connectivity index is 2.73. The predicted octanol–water partition coefficient (Wildman–Crippen LogP) is 3.03. The maximum absolute atomic E-state index is 12.5. The molecule has 0 fully saturated rings. The van der Waals surface area contributed by atoms with Gasteiger partial charge in [-0.05, 0) is 13.3 Å². The van der Waals surface area contributed by atoms with Gasteiger partial charge in [0.2, 0.25) is 0 Å². The van der Waals surface area contributed by atoms with Crippen LogP contribution in [0.1, 0.15) is 26.0 Å². The highest BCUT2D eigenvalue weighted by atomic mass is 32.1. The molecule has 0 aliphatic heterocycles. The second-order valence-electron chi connectivity index (χ2n) is 4.14. The molecule has 0 radical (unpaired) electrons. The van der Waals surface area contributed by atoms with Crippen molar-refractivity contribution in [2.45, 2.75) is 32.9 Å². The Morgan fingerprint density at radius 1 is 1.45 bits per heavy atom. The topological polar surface area (TPSA) is 42.4 Å². The van der Waals surface area contributed by atoms with Crippen molar-refractivity contribution in [2.24, 2.45) is 0 Å². The molecule has 0 atom stereocenters. The Hall–Kier alpha value is -1.31. The number of anilines is 1. The molecule has 0 N–H and O–H groups in total. The van der Waals surface area contributed by atoms with Crippen LogP contribution < -0.4 is 4.90 Å². The first kappa shape index (κ1) is 16.7. The third kappa shape index (κ3) is 5.77. The normalized spacial score (nSPS) is 11.4. The van der Waals surface area contributed by atoms with Crippen LogP contribution >= 0.6 is 11.3 Å². The van der Waals surface area contributed by atoms with Crippen LogP contribution in [0, 0.1) is 0 Å². The molecule has 0 unspecified atom stereocenters. The molecule has 1 aromatic heterocycles. The number of halogens is 3. The number of aromatic nitrogens is 1. The van der Waals surface area contributed by atoms with Crippen molar-refractivity contribution in [3.05, 3.63) is 11.1 Å². The number of carbonyl (C=O) groups is 1. The smallest absolute Gasteiger partial charge is 0.406 e. The largest absolute Gasteiger partial charge is 0.466 e. The van der Waals surface area contributed by atoms with Crippen LogP contribution in [0.5, 0.6) is 0 Å². The van der Waals surface area contributed by atoms with Gasteiger partial charge in [0.15, 0.2) is 5.13 Å². The standard InChI is InChI=1S/C12H17F3N2O2S/c1-3-5-17(8-12(13,14)15)11-16-9(7-20-11)6-10(18)19-4-2/h7H,3-6,8H2,1-2H3. The zero-order valence-electron chi connectivity index (χ0n) is 11.4. The average Bonchev–Trinajstić information content (AvgIpc) is 2.75. The predicted molar refractivity (Wildman–Crippen MR) is 71.0 cm³/mol. The van der Waals surface area contributed by atoms with Crippen molar-refractivity contribution in [2.75, 3.05) is 24.6 Å². The molecule has 0 bridgehead atoms. The maximum atomic E-state index is 12.5. The molecule has 1 aromatic rings. The Morgan fingerprint density at radius 2 is 2.15 bits per heavy atom. The Morgan fingerprint density at radius 3 is 2.70 bits per heavy atom. The summed E-state index contributed by atoms with van der Waals surface area (Å²) in [6, 6.07) is 0. The molecule has 20 heavy (non-hydrogen) atoms. The van der Waals surface area contributed by atoms with Gasteiger partial charge in [-0.25, -0.2) is 4.98 Å². The minimum Gasteiger partial charge on any atom is -0.466 e. The number of hydrogen-bond acceptors (Lipinski definition) is 5. The van der Waals surface area contributed by atoms with Gasteiger partial charge in [0.05, 0.1) is 18.7 Å². The zero-order valence-corrected chi connectivity index (χ0v) is 12.2. The van der Waals surface area contributed by atoms with Crippen LogP contribution in [0.4, 0.5) is 18.3 Å². The van der Waals surface area contributed by atoms with Crippen LogP contribution in [-0.2, 0) is 16.0 Å². The summed E-state index contributed by atoms with van der Waals surface area (Å²) in [5.41, 5.74) is 0.437. The molecule has 1 heterocycles. The second-order valence-corrected chi connectivity index (χ2v) is 4.98. The van der Waals surface area contributed by atoms with E-state index in [-0.39, 0.29) is 24.7 Å². The summed E-state index contributed by atoms with van der Waals surface area (Å²) in [4.78, 5) is 16.6. The fourth-order valence-electron chi connectivity index (χ4n) is 1.61. The molecule has 0 aliphatic rings. The molecule has 114 valence electrons. The first-order valence-corrected chi connectivity index (χ1v) is 7.15. The minimum absolute atomic E-state index is 0.0175. The van der Waals surface area contributed by atoms with Gasteiger partial charge < -0.3 is 9.64 Å². The number of carbonyl (C=O) groups excluding carboxylic acids is 1. The first-order valence-electron chi connectivity index (χ1n) is 6.27. The van der Waals surface area contributed by atoms with Crippen LogP contribution in [0.15, 0.2) is 5.38 Å². The highest BCUT2D eigenvalue weighted by Gasteiger charge is 2.31. The van der Waals surface area contributed by atoms with Crippen LogP contribution in [0.3, 0.4) is 0 Å². The second kappa shape index (κ2) is 7.47. The van der Waals surface area contributed by atoms with Crippen LogP contribution in [0.2, 0.25) is 0 Å². The van der Waals surface area contributed by atoms with E-state index >= 15 is 0 Å². The maximum Gasteiger partial charge on any atom is 0.406 e. The highest BCUT2D eigenvalue weighted by molar-refractivity contribution is 7.13. The molecular formula is C12H17F3N2O2S. The number of thiazole rings is 1. The minimum atomic E-state index is -4.28. The van der Waals surface area contributed by atoms with Gasteiger partial charge in [0, 0.05) is 11.9 Å². The number of rotatable bonds is 7. The lowest BCUT2D eigenvalue weighted by Gasteiger charge is -2.22. The van der Waals surface area contributed by atoms with Gasteiger partial charge in [-0.15, -0.1) is 11.3 Å². The Bertz CT molecular complexity index is 435. The summed E-state index contributed by atoms with van der Waals surface area (Å²) >= 11 is 1.11. The summed E-state index contributed by atoms with van der Waals surface area (Å²) in [6.45, 7) is 3.00. The number of alkyl halides is 3. The average molecular weight is 310 g/mol. The summed E-state index contributed by atoms with van der Waals surface area (Å²) in [7, 11) is 0. The van der Waals surface area contributed by atoms with E-state index in [4.69, 9.17) is 4.74 Å².